The summed E-state index contributed by atoms with van der Waals surface area (Å²) in [6, 6.07) is 2.71. The van der Waals surface area contributed by atoms with Crippen molar-refractivity contribution in [3.05, 3.63) is 18.2 Å². The molecule has 1 unspecified atom stereocenters. The maximum atomic E-state index is 9.26. The molecule has 2 rings (SSSR count). The molecule has 0 bridgehead atoms. The van der Waals surface area contributed by atoms with Crippen LogP contribution in [0.5, 0.6) is 0 Å². The number of nitrogens with one attached hydrogen (secondary N) is 1. The van der Waals surface area contributed by atoms with Gasteiger partial charge in [-0.3, -0.25) is 4.90 Å². The van der Waals surface area contributed by atoms with Crippen molar-refractivity contribution in [2.75, 3.05) is 7.05 Å². The zero-order valence-electron chi connectivity index (χ0n) is 9.69. The molecule has 16 heavy (non-hydrogen) atoms. The molecule has 1 aliphatic rings. The Bertz CT molecular complexity index is 346. The molecule has 0 aliphatic heterocycles. The van der Waals surface area contributed by atoms with Crippen LogP contribution < -0.4 is 0 Å². The van der Waals surface area contributed by atoms with Gasteiger partial charge in [-0.05, 0) is 19.9 Å². The Morgan fingerprint density at radius 3 is 2.81 bits per heavy atom. The molecule has 1 fully saturated rings. The molecule has 0 aromatic carbocycles. The van der Waals surface area contributed by atoms with E-state index < -0.39 is 0 Å². The number of rotatable bonds is 3. The van der Waals surface area contributed by atoms with Crippen LogP contribution in [0.2, 0.25) is 0 Å². The highest BCUT2D eigenvalue weighted by Gasteiger charge is 2.26. The van der Waals surface area contributed by atoms with Gasteiger partial charge in [0.15, 0.2) is 0 Å². The molecule has 0 spiro atoms. The minimum Gasteiger partial charge on any atom is -0.346 e. The molecule has 1 aromatic heterocycles. The molecule has 4 nitrogen and oxygen atoms in total. The summed E-state index contributed by atoms with van der Waals surface area (Å²) in [6.07, 6.45) is 9.71. The number of aromatic amines is 1. The van der Waals surface area contributed by atoms with Gasteiger partial charge in [-0.25, -0.2) is 4.98 Å². The van der Waals surface area contributed by atoms with Crippen LogP contribution >= 0.6 is 0 Å². The maximum absolute atomic E-state index is 9.26. The molecule has 1 heterocycles. The molecule has 1 saturated carbocycles. The minimum absolute atomic E-state index is 0.189. The van der Waals surface area contributed by atoms with Crippen LogP contribution in [0.15, 0.2) is 12.5 Å². The number of imidazole rings is 1. The first-order chi connectivity index (χ1) is 7.83. The fourth-order valence-electron chi connectivity index (χ4n) is 2.50. The average molecular weight is 218 g/mol. The van der Waals surface area contributed by atoms with Gasteiger partial charge < -0.3 is 4.98 Å². The largest absolute Gasteiger partial charge is 0.346 e. The number of hydrogen-bond donors (Lipinski definition) is 1. The van der Waals surface area contributed by atoms with Gasteiger partial charge in [-0.2, -0.15) is 5.26 Å². The molecule has 0 radical (unpaired) electrons. The number of aromatic nitrogens is 2. The van der Waals surface area contributed by atoms with Crippen LogP contribution in [0, 0.1) is 11.3 Å². The van der Waals surface area contributed by atoms with Crippen LogP contribution in [0.4, 0.5) is 0 Å². The Morgan fingerprint density at radius 1 is 1.50 bits per heavy atom. The van der Waals surface area contributed by atoms with Gasteiger partial charge in [-0.15, -0.1) is 0 Å². The second-order valence-corrected chi connectivity index (χ2v) is 4.50. The van der Waals surface area contributed by atoms with E-state index in [1.54, 1.807) is 12.5 Å². The van der Waals surface area contributed by atoms with E-state index in [4.69, 9.17) is 0 Å². The van der Waals surface area contributed by atoms with Crippen molar-refractivity contribution in [2.45, 2.75) is 44.2 Å². The van der Waals surface area contributed by atoms with Crippen molar-refractivity contribution >= 4 is 0 Å². The number of hydrogen-bond acceptors (Lipinski definition) is 3. The van der Waals surface area contributed by atoms with Crippen molar-refractivity contribution < 1.29 is 0 Å². The van der Waals surface area contributed by atoms with E-state index in [1.165, 1.54) is 32.1 Å². The predicted octanol–water partition coefficient (Wildman–Crippen LogP) is 2.24. The first-order valence-electron chi connectivity index (χ1n) is 5.92. The Balaban J connectivity index is 2.06. The van der Waals surface area contributed by atoms with Gasteiger partial charge in [-0.1, -0.05) is 19.3 Å². The summed E-state index contributed by atoms with van der Waals surface area (Å²) in [5, 5.41) is 9.26. The van der Waals surface area contributed by atoms with Crippen LogP contribution in [0.1, 0.15) is 43.8 Å². The molecular formula is C12H18N4. The Hall–Kier alpha value is -1.34. The minimum atomic E-state index is -0.189. The average Bonchev–Trinajstić information content (AvgIpc) is 2.85. The third-order valence-electron chi connectivity index (χ3n) is 3.49. The monoisotopic (exact) mass is 218 g/mol. The van der Waals surface area contributed by atoms with E-state index in [9.17, 15) is 5.26 Å². The number of nitriles is 1. The lowest BCUT2D eigenvalue weighted by Gasteiger charge is -2.33. The Kier molecular flexibility index (Phi) is 3.58. The van der Waals surface area contributed by atoms with Crippen molar-refractivity contribution in [1.82, 2.24) is 14.9 Å². The third-order valence-corrected chi connectivity index (χ3v) is 3.49. The normalized spacial score (nSPS) is 19.6. The van der Waals surface area contributed by atoms with Crippen LogP contribution in [-0.4, -0.2) is 28.0 Å². The highest BCUT2D eigenvalue weighted by molar-refractivity contribution is 5.12. The first kappa shape index (κ1) is 11.2. The van der Waals surface area contributed by atoms with Gasteiger partial charge in [0.2, 0.25) is 0 Å². The lowest BCUT2D eigenvalue weighted by molar-refractivity contribution is 0.162. The lowest BCUT2D eigenvalue weighted by atomic mass is 9.93. The summed E-state index contributed by atoms with van der Waals surface area (Å²) in [6.45, 7) is 0. The summed E-state index contributed by atoms with van der Waals surface area (Å²) in [5.41, 5.74) is 0.899. The van der Waals surface area contributed by atoms with E-state index >= 15 is 0 Å². The number of H-pyrrole nitrogens is 1. The molecule has 1 atom stereocenters. The second-order valence-electron chi connectivity index (χ2n) is 4.50. The molecule has 4 heteroatoms. The van der Waals surface area contributed by atoms with E-state index in [1.807, 2.05) is 7.05 Å². The van der Waals surface area contributed by atoms with Gasteiger partial charge in [0.05, 0.1) is 24.3 Å². The number of nitrogens with zero attached hydrogens (tertiary/aromatic N) is 3. The van der Waals surface area contributed by atoms with Crippen molar-refractivity contribution in [3.63, 3.8) is 0 Å². The van der Waals surface area contributed by atoms with E-state index in [2.05, 4.69) is 20.9 Å². The fraction of sp³-hybridized carbons (Fsp3) is 0.667. The Labute approximate surface area is 96.3 Å². The fourth-order valence-corrected chi connectivity index (χ4v) is 2.50. The van der Waals surface area contributed by atoms with Crippen LogP contribution in [0.25, 0.3) is 0 Å². The summed E-state index contributed by atoms with van der Waals surface area (Å²) < 4.78 is 0. The van der Waals surface area contributed by atoms with Crippen molar-refractivity contribution in [2.24, 2.45) is 0 Å². The SMILES string of the molecule is CN(C1CCCCC1)C(C#N)c1cnc[nH]1. The summed E-state index contributed by atoms with van der Waals surface area (Å²) in [7, 11) is 2.05. The quantitative estimate of drug-likeness (QED) is 0.846. The van der Waals surface area contributed by atoms with Gasteiger partial charge in [0.1, 0.15) is 6.04 Å². The zero-order chi connectivity index (χ0) is 11.4. The van der Waals surface area contributed by atoms with Crippen molar-refractivity contribution in [3.8, 4) is 6.07 Å². The van der Waals surface area contributed by atoms with Crippen LogP contribution in [0.3, 0.4) is 0 Å². The smallest absolute Gasteiger partial charge is 0.140 e. The first-order valence-corrected chi connectivity index (χ1v) is 5.92. The van der Waals surface area contributed by atoms with Crippen LogP contribution in [-0.2, 0) is 0 Å². The zero-order valence-corrected chi connectivity index (χ0v) is 9.69. The summed E-state index contributed by atoms with van der Waals surface area (Å²) >= 11 is 0. The molecule has 1 N–H and O–H groups in total. The summed E-state index contributed by atoms with van der Waals surface area (Å²) in [5.74, 6) is 0. The maximum Gasteiger partial charge on any atom is 0.140 e. The third kappa shape index (κ3) is 2.25. The van der Waals surface area contributed by atoms with Crippen molar-refractivity contribution in [1.29, 1.82) is 5.26 Å². The molecule has 0 saturated heterocycles. The predicted molar refractivity (Wildman–Crippen MR) is 61.6 cm³/mol. The standard InChI is InChI=1S/C12H18N4/c1-16(10-5-3-2-4-6-10)12(7-13)11-8-14-9-15-11/h8-10,12H,2-6H2,1H3,(H,14,15). The van der Waals surface area contributed by atoms with Gasteiger partial charge in [0.25, 0.3) is 0 Å². The molecule has 0 amide bonds. The highest BCUT2D eigenvalue weighted by atomic mass is 15.2. The molecule has 86 valence electrons. The second kappa shape index (κ2) is 5.13. The lowest BCUT2D eigenvalue weighted by Crippen LogP contribution is -2.36. The highest BCUT2D eigenvalue weighted by Crippen LogP contribution is 2.27. The van der Waals surface area contributed by atoms with Gasteiger partial charge in [0, 0.05) is 6.04 Å². The topological polar surface area (TPSA) is 55.7 Å². The Morgan fingerprint density at radius 2 is 2.25 bits per heavy atom. The van der Waals surface area contributed by atoms with E-state index in [0.29, 0.717) is 6.04 Å². The van der Waals surface area contributed by atoms with E-state index in [0.717, 1.165) is 5.69 Å². The van der Waals surface area contributed by atoms with Gasteiger partial charge >= 0.3 is 0 Å². The molecule has 1 aromatic rings. The molecular weight excluding hydrogens is 200 g/mol. The molecule has 1 aliphatic carbocycles. The van der Waals surface area contributed by atoms with E-state index in [-0.39, 0.29) is 6.04 Å². The summed E-state index contributed by atoms with van der Waals surface area (Å²) in [4.78, 5) is 9.21.